The van der Waals surface area contributed by atoms with Gasteiger partial charge in [0.05, 0.1) is 91.8 Å². The number of nitrogens with zero attached hydrogens (tertiary/aromatic N) is 2. The van der Waals surface area contributed by atoms with Crippen LogP contribution < -0.4 is 30.2 Å². The number of aryl methyl sites for hydroxylation is 2. The van der Waals surface area contributed by atoms with Crippen molar-refractivity contribution in [3.8, 4) is 56.6 Å². The molecule has 0 amide bonds. The number of rotatable bonds is 30. The zero-order valence-electron chi connectivity index (χ0n) is 74.3. The summed E-state index contributed by atoms with van der Waals surface area (Å²) in [7, 11) is 27.1. The number of ether oxygens (including phenoxy) is 2. The minimum atomic E-state index is -3.13. The Bertz CT molecular complexity index is 5150. The number of benzene rings is 8. The molecular formula is C97H131B5F2N2O4Si4. The van der Waals surface area contributed by atoms with E-state index >= 15 is 8.78 Å². The van der Waals surface area contributed by atoms with Crippen molar-refractivity contribution >= 4 is 133 Å². The average molecular weight is 1590 g/mol. The fourth-order valence-corrected chi connectivity index (χ4v) is 32.7. The van der Waals surface area contributed by atoms with Gasteiger partial charge in [0.15, 0.2) is 0 Å². The van der Waals surface area contributed by atoms with Gasteiger partial charge in [-0.25, -0.2) is 8.78 Å². The Kier molecular flexibility index (Phi) is 26.4. The highest BCUT2D eigenvalue weighted by Crippen LogP contribution is 2.53. The van der Waals surface area contributed by atoms with Crippen molar-refractivity contribution in [1.29, 1.82) is 0 Å². The molecule has 0 bridgehead atoms. The Morgan fingerprint density at radius 3 is 0.982 bits per heavy atom. The van der Waals surface area contributed by atoms with E-state index in [2.05, 4.69) is 253 Å². The molecule has 114 heavy (non-hydrogen) atoms. The van der Waals surface area contributed by atoms with Crippen molar-refractivity contribution < 1.29 is 28.5 Å². The highest BCUT2D eigenvalue weighted by molar-refractivity contribution is 7.48. The summed E-state index contributed by atoms with van der Waals surface area (Å²) < 4.78 is 51.9. The fourth-order valence-electron chi connectivity index (χ4n) is 19.2. The zero-order chi connectivity index (χ0) is 84.4. The molecule has 10 radical (unpaired) electrons. The summed E-state index contributed by atoms with van der Waals surface area (Å²) in [6, 6.07) is 45.0. The largest absolute Gasteiger partial charge is 0.505 e. The van der Waals surface area contributed by atoms with Gasteiger partial charge in [0.1, 0.15) is 34.6 Å². The number of phenols is 2. The maximum absolute atomic E-state index is 16.8. The van der Waals surface area contributed by atoms with Crippen LogP contribution in [0.2, 0.25) is 39.3 Å². The second-order valence-electron chi connectivity index (χ2n) is 41.0. The summed E-state index contributed by atoms with van der Waals surface area (Å²) in [5, 5.41) is 34.9. The van der Waals surface area contributed by atoms with Crippen molar-refractivity contribution in [2.45, 2.75) is 294 Å². The minimum absolute atomic E-state index is 0.0159. The lowest BCUT2D eigenvalue weighted by atomic mass is 9.71. The van der Waals surface area contributed by atoms with Crippen LogP contribution in [0.5, 0.6) is 23.0 Å². The van der Waals surface area contributed by atoms with E-state index in [-0.39, 0.29) is 45.6 Å². The van der Waals surface area contributed by atoms with Crippen molar-refractivity contribution in [3.63, 3.8) is 0 Å². The Hall–Kier alpha value is -6.39. The first-order chi connectivity index (χ1) is 52.8. The Labute approximate surface area is 695 Å². The van der Waals surface area contributed by atoms with Crippen LogP contribution in [0.1, 0.15) is 252 Å². The molecule has 0 aliphatic heterocycles. The molecule has 0 saturated heterocycles. The molecule has 0 unspecified atom stereocenters. The second-order valence-corrected chi connectivity index (χ2v) is 57.8. The van der Waals surface area contributed by atoms with Gasteiger partial charge in [-0.05, 0) is 153 Å². The van der Waals surface area contributed by atoms with Crippen molar-refractivity contribution in [2.75, 3.05) is 13.2 Å². The maximum atomic E-state index is 16.8. The van der Waals surface area contributed by atoms with E-state index in [4.69, 9.17) is 46.7 Å². The molecule has 10 rings (SSSR count). The fraction of sp³-hybridized carbons (Fsp3) is 0.505. The molecule has 0 atom stereocenters. The predicted molar refractivity (Wildman–Crippen MR) is 503 cm³/mol. The standard InChI is InChI=1S/C97H131B5F2N2O4Si4/c1-26-30-45-111(98,46-31-27-2)69-35-39-73-75-41-37-71(113(100,93(13,14)15)94(16,17)18)59-83(75)105(81(73)57-69)85-53-65(96(22,23)61-91(7,8)9)51-77(87(85)107)79-55-67(103)49-63(5)89(79)109-43-34-44-110-90-64(6)50-68(104)56-80(90)78-52-66(97(24,25)62-92(10,11)12)54-86(88(78)108)106-82-58-70(112(99,47-32-28-3)48-33-29-4)36-40-74(82)76-42-38-72(60-84(76)106)114(101,102)95(19,20)21/h35-42,49-60,107-108H,26-34,43-48,61-62H2,1-25H3. The summed E-state index contributed by atoms with van der Waals surface area (Å²) in [5.41, 5.74) is 8.29. The third-order valence-corrected chi connectivity index (χ3v) is 42.7. The summed E-state index contributed by atoms with van der Waals surface area (Å²) in [6.07, 6.45) is 10.3. The lowest BCUT2D eigenvalue weighted by Gasteiger charge is -2.51. The van der Waals surface area contributed by atoms with Crippen LogP contribution in [0.25, 0.3) is 77.2 Å². The molecular weight excluding hydrogens is 1460 g/mol. The van der Waals surface area contributed by atoms with Crippen LogP contribution in [0.15, 0.2) is 121 Å². The van der Waals surface area contributed by atoms with Gasteiger partial charge in [0, 0.05) is 73.9 Å². The Balaban J connectivity index is 1.13. The van der Waals surface area contributed by atoms with Gasteiger partial charge >= 0.3 is 0 Å². The molecule has 2 heterocycles. The molecule has 2 N–H and O–H groups in total. The van der Waals surface area contributed by atoms with Gasteiger partial charge in [-0.3, -0.25) is 0 Å². The zero-order valence-corrected chi connectivity index (χ0v) is 78.3. The van der Waals surface area contributed by atoms with Crippen LogP contribution in [-0.4, -0.2) is 101 Å². The first kappa shape index (κ1) is 89.9. The van der Waals surface area contributed by atoms with Gasteiger partial charge < -0.3 is 28.8 Å². The topological polar surface area (TPSA) is 68.8 Å². The molecule has 6 nitrogen and oxygen atoms in total. The number of aromatic nitrogens is 2. The molecule has 0 aliphatic rings. The molecule has 2 aromatic heterocycles. The van der Waals surface area contributed by atoms with E-state index < -0.39 is 59.1 Å². The van der Waals surface area contributed by atoms with Gasteiger partial charge in [-0.1, -0.05) is 309 Å². The SMILES string of the molecule is [B][Si](CCCC)(CCCC)c1ccc2c3ccc([Si]([B])([B])C(C)(C)C)cc3n(-c3cc(C(C)(C)CC(C)(C)C)cc(-c4cc(F)cc(C)c4OCCCOc4c(C)cc(F)cc4-c4cc(C(C)(C)CC(C)(C)C)cc(-n5c6cc([Si]([B])(CCCC)CCCC)ccc6c6ccc([Si]([B])(C(C)(C)C)C(C)(C)C)cc65)c4O)c3O)c2c1. The Morgan fingerprint density at radius 1 is 0.368 bits per heavy atom. The second kappa shape index (κ2) is 33.4. The summed E-state index contributed by atoms with van der Waals surface area (Å²) in [4.78, 5) is 0. The number of hydrogen-bond acceptors (Lipinski definition) is 4. The van der Waals surface area contributed by atoms with E-state index in [0.717, 1.165) is 153 Å². The molecule has 8 aromatic carbocycles. The van der Waals surface area contributed by atoms with Crippen LogP contribution in [-0.2, 0) is 10.8 Å². The quantitative estimate of drug-likeness (QED) is 0.0348. The predicted octanol–water partition coefficient (Wildman–Crippen LogP) is 24.3. The van der Waals surface area contributed by atoms with Crippen LogP contribution in [0.4, 0.5) is 8.78 Å². The minimum Gasteiger partial charge on any atom is -0.505 e. The molecule has 10 aromatic rings. The van der Waals surface area contributed by atoms with E-state index in [1.54, 1.807) is 0 Å². The molecule has 0 aliphatic carbocycles. The highest BCUT2D eigenvalue weighted by atomic mass is 28.3. The van der Waals surface area contributed by atoms with Gasteiger partial charge in [0.2, 0.25) is 0 Å². The van der Waals surface area contributed by atoms with E-state index in [1.807, 2.05) is 26.0 Å². The molecule has 0 spiro atoms. The van der Waals surface area contributed by atoms with Gasteiger partial charge in [-0.2, -0.15) is 0 Å². The lowest BCUT2D eigenvalue weighted by Crippen LogP contribution is -2.62. The Morgan fingerprint density at radius 2 is 0.675 bits per heavy atom. The van der Waals surface area contributed by atoms with Crippen molar-refractivity contribution in [2.24, 2.45) is 10.8 Å². The van der Waals surface area contributed by atoms with Gasteiger partial charge in [-0.15, -0.1) is 0 Å². The number of hydrogen-bond donors (Lipinski definition) is 2. The number of phenolic OH excluding ortho intramolecular Hbond substituents is 2. The smallest absolute Gasteiger partial charge is 0.147 e. The van der Waals surface area contributed by atoms with Crippen molar-refractivity contribution in [3.05, 3.63) is 155 Å². The summed E-state index contributed by atoms with van der Waals surface area (Å²) in [6.45, 7) is 55.4. The third-order valence-electron chi connectivity index (χ3n) is 25.1. The summed E-state index contributed by atoms with van der Waals surface area (Å²) >= 11 is 0. The molecule has 0 fully saturated rings. The molecule has 0 saturated carbocycles. The number of unbranched alkanes of at least 4 members (excludes halogenated alkanes) is 4. The van der Waals surface area contributed by atoms with E-state index in [9.17, 15) is 10.2 Å². The maximum Gasteiger partial charge on any atom is 0.147 e. The van der Waals surface area contributed by atoms with Crippen LogP contribution >= 0.6 is 0 Å². The van der Waals surface area contributed by atoms with E-state index in [0.29, 0.717) is 62.7 Å². The average Bonchev–Trinajstić information content (AvgIpc) is 1.34. The van der Waals surface area contributed by atoms with Crippen LogP contribution in [0.3, 0.4) is 0 Å². The first-order valence-corrected chi connectivity index (χ1v) is 51.8. The molecule has 17 heteroatoms. The number of fused-ring (bicyclic) bond motifs is 6. The number of aromatic hydroxyl groups is 2. The first-order valence-electron chi connectivity index (χ1n) is 42.6. The normalized spacial score (nSPS) is 13.5. The summed E-state index contributed by atoms with van der Waals surface area (Å²) in [5.74, 6) is -0.156. The van der Waals surface area contributed by atoms with Gasteiger partial charge in [0.25, 0.3) is 0 Å². The number of halogens is 2. The molecule has 598 valence electrons. The van der Waals surface area contributed by atoms with Crippen LogP contribution in [0, 0.1) is 36.3 Å². The third kappa shape index (κ3) is 18.1. The van der Waals surface area contributed by atoms with E-state index in [1.165, 1.54) is 34.6 Å². The monoisotopic (exact) mass is 1590 g/mol. The van der Waals surface area contributed by atoms with Crippen molar-refractivity contribution in [1.82, 2.24) is 9.13 Å². The lowest BCUT2D eigenvalue weighted by molar-refractivity contribution is 0.246. The highest BCUT2D eigenvalue weighted by Gasteiger charge is 2.50.